The molecule has 0 aliphatic heterocycles. The Balaban J connectivity index is 2.25. The van der Waals surface area contributed by atoms with Crippen LogP contribution in [-0.4, -0.2) is 9.97 Å². The third-order valence-corrected chi connectivity index (χ3v) is 3.39. The summed E-state index contributed by atoms with van der Waals surface area (Å²) in [7, 11) is 0. The van der Waals surface area contributed by atoms with E-state index in [1.807, 2.05) is 0 Å². The fourth-order valence-electron chi connectivity index (χ4n) is 1.99. The smallest absolute Gasteiger partial charge is 0.133 e. The molecule has 102 valence electrons. The van der Waals surface area contributed by atoms with Crippen LogP contribution in [0.5, 0.6) is 0 Å². The van der Waals surface area contributed by atoms with Gasteiger partial charge in [0.2, 0.25) is 0 Å². The fourth-order valence-corrected chi connectivity index (χ4v) is 2.32. The summed E-state index contributed by atoms with van der Waals surface area (Å²) < 4.78 is 14.6. The summed E-state index contributed by atoms with van der Waals surface area (Å²) in [5, 5.41) is 0. The number of nitrogens with two attached hydrogens (primary N) is 1. The summed E-state index contributed by atoms with van der Waals surface area (Å²) in [5.41, 5.74) is 7.21. The number of nitrogens with one attached hydrogen (secondary N) is 1. The largest absolute Gasteiger partial charge is 0.341 e. The lowest BCUT2D eigenvalue weighted by atomic mass is 10.0. The fraction of sp³-hybridized carbons (Fsp3) is 0.357. The normalized spacial score (nSPS) is 12.9. The number of benzene rings is 1. The maximum absolute atomic E-state index is 13.8. The number of aromatic amines is 1. The molecular formula is C14H17BrFN3. The van der Waals surface area contributed by atoms with Crippen molar-refractivity contribution in [1.29, 1.82) is 0 Å². The molecule has 19 heavy (non-hydrogen) atoms. The summed E-state index contributed by atoms with van der Waals surface area (Å²) in [5.74, 6) is 0.904. The molecule has 0 aliphatic rings. The molecule has 2 rings (SSSR count). The number of aromatic nitrogens is 2. The quantitative estimate of drug-likeness (QED) is 0.891. The molecule has 0 aliphatic carbocycles. The van der Waals surface area contributed by atoms with E-state index in [9.17, 15) is 4.39 Å². The van der Waals surface area contributed by atoms with Crippen molar-refractivity contribution in [2.24, 2.45) is 11.7 Å². The van der Waals surface area contributed by atoms with E-state index in [-0.39, 0.29) is 11.9 Å². The summed E-state index contributed by atoms with van der Waals surface area (Å²) in [6.45, 7) is 4.22. The van der Waals surface area contributed by atoms with Crippen LogP contribution >= 0.6 is 15.9 Å². The number of H-pyrrole nitrogens is 1. The molecule has 1 aromatic carbocycles. The van der Waals surface area contributed by atoms with Gasteiger partial charge < -0.3 is 10.7 Å². The average molecular weight is 326 g/mol. The second kappa shape index (κ2) is 5.84. The van der Waals surface area contributed by atoms with Crippen LogP contribution in [0.15, 0.2) is 28.9 Å². The highest BCUT2D eigenvalue weighted by Gasteiger charge is 2.14. The van der Waals surface area contributed by atoms with Crippen molar-refractivity contribution >= 4 is 15.9 Å². The maximum Gasteiger partial charge on any atom is 0.133 e. The van der Waals surface area contributed by atoms with Crippen molar-refractivity contribution in [1.82, 2.24) is 9.97 Å². The predicted molar refractivity (Wildman–Crippen MR) is 78.1 cm³/mol. The van der Waals surface area contributed by atoms with Crippen molar-refractivity contribution in [2.75, 3.05) is 0 Å². The highest BCUT2D eigenvalue weighted by molar-refractivity contribution is 9.10. The summed E-state index contributed by atoms with van der Waals surface area (Å²) in [4.78, 5) is 7.35. The van der Waals surface area contributed by atoms with E-state index >= 15 is 0 Å². The van der Waals surface area contributed by atoms with Gasteiger partial charge in [-0.25, -0.2) is 9.37 Å². The van der Waals surface area contributed by atoms with Crippen LogP contribution in [0.25, 0.3) is 11.3 Å². The number of imidazole rings is 1. The highest BCUT2D eigenvalue weighted by atomic mass is 79.9. The van der Waals surface area contributed by atoms with Gasteiger partial charge in [0.25, 0.3) is 0 Å². The van der Waals surface area contributed by atoms with Gasteiger partial charge >= 0.3 is 0 Å². The van der Waals surface area contributed by atoms with Gasteiger partial charge in [-0.3, -0.25) is 0 Å². The van der Waals surface area contributed by atoms with Crippen LogP contribution in [0, 0.1) is 11.7 Å². The summed E-state index contributed by atoms with van der Waals surface area (Å²) >= 11 is 3.24. The van der Waals surface area contributed by atoms with Crippen LogP contribution in [0.3, 0.4) is 0 Å². The Morgan fingerprint density at radius 1 is 1.42 bits per heavy atom. The Morgan fingerprint density at radius 2 is 2.16 bits per heavy atom. The second-order valence-electron chi connectivity index (χ2n) is 5.04. The van der Waals surface area contributed by atoms with Crippen molar-refractivity contribution in [3.8, 4) is 11.3 Å². The molecule has 0 bridgehead atoms. The summed E-state index contributed by atoms with van der Waals surface area (Å²) in [6.07, 6.45) is 2.47. The zero-order valence-electron chi connectivity index (χ0n) is 11.0. The van der Waals surface area contributed by atoms with Crippen molar-refractivity contribution in [3.63, 3.8) is 0 Å². The molecule has 5 heteroatoms. The molecule has 1 heterocycles. The average Bonchev–Trinajstić information content (AvgIpc) is 2.77. The van der Waals surface area contributed by atoms with Crippen LogP contribution in [0.1, 0.15) is 32.1 Å². The molecule has 0 spiro atoms. The second-order valence-corrected chi connectivity index (χ2v) is 5.96. The number of hydrogen-bond donors (Lipinski definition) is 2. The van der Waals surface area contributed by atoms with Crippen molar-refractivity contribution in [2.45, 2.75) is 26.3 Å². The zero-order chi connectivity index (χ0) is 14.0. The first kappa shape index (κ1) is 14.2. The van der Waals surface area contributed by atoms with Gasteiger partial charge in [-0.05, 0) is 30.5 Å². The lowest BCUT2D eigenvalue weighted by Crippen LogP contribution is -2.14. The first-order valence-corrected chi connectivity index (χ1v) is 7.02. The van der Waals surface area contributed by atoms with Crippen LogP contribution in [0.4, 0.5) is 4.39 Å². The standard InChI is InChI=1S/C14H17BrFN3/c1-8(2)5-12(17)14-18-7-13(19-14)10-4-3-9(15)6-11(10)16/h3-4,6-8,12H,5,17H2,1-2H3,(H,18,19). The van der Waals surface area contributed by atoms with E-state index in [0.29, 0.717) is 27.5 Å². The summed E-state index contributed by atoms with van der Waals surface area (Å²) in [6, 6.07) is 4.80. The molecule has 0 saturated heterocycles. The Morgan fingerprint density at radius 3 is 2.79 bits per heavy atom. The van der Waals surface area contributed by atoms with Gasteiger partial charge in [0, 0.05) is 10.0 Å². The number of rotatable bonds is 4. The molecule has 0 saturated carbocycles. The highest BCUT2D eigenvalue weighted by Crippen LogP contribution is 2.25. The Hall–Kier alpha value is -1.20. The minimum atomic E-state index is -0.290. The van der Waals surface area contributed by atoms with E-state index in [1.165, 1.54) is 6.07 Å². The molecule has 1 unspecified atom stereocenters. The van der Waals surface area contributed by atoms with Gasteiger partial charge in [0.15, 0.2) is 0 Å². The van der Waals surface area contributed by atoms with E-state index in [0.717, 1.165) is 6.42 Å². The Kier molecular flexibility index (Phi) is 4.37. The van der Waals surface area contributed by atoms with E-state index in [4.69, 9.17) is 5.73 Å². The van der Waals surface area contributed by atoms with Crippen LogP contribution < -0.4 is 5.73 Å². The Labute approximate surface area is 120 Å². The first-order chi connectivity index (χ1) is 8.97. The SMILES string of the molecule is CC(C)CC(N)c1ncc(-c2ccc(Br)cc2F)[nH]1. The first-order valence-electron chi connectivity index (χ1n) is 6.23. The topological polar surface area (TPSA) is 54.7 Å². The van der Waals surface area contributed by atoms with E-state index in [2.05, 4.69) is 39.7 Å². The van der Waals surface area contributed by atoms with Gasteiger partial charge in [-0.1, -0.05) is 29.8 Å². The minimum absolute atomic E-state index is 0.146. The molecular weight excluding hydrogens is 309 g/mol. The third kappa shape index (κ3) is 3.42. The van der Waals surface area contributed by atoms with Crippen LogP contribution in [0.2, 0.25) is 0 Å². The third-order valence-electron chi connectivity index (χ3n) is 2.89. The van der Waals surface area contributed by atoms with Gasteiger partial charge in [0.1, 0.15) is 11.6 Å². The molecule has 3 N–H and O–H groups in total. The van der Waals surface area contributed by atoms with Crippen LogP contribution in [-0.2, 0) is 0 Å². The van der Waals surface area contributed by atoms with Gasteiger partial charge in [-0.2, -0.15) is 0 Å². The number of halogens is 2. The van der Waals surface area contributed by atoms with Gasteiger partial charge in [-0.15, -0.1) is 0 Å². The maximum atomic E-state index is 13.8. The monoisotopic (exact) mass is 325 g/mol. The molecule has 3 nitrogen and oxygen atoms in total. The molecule has 1 aromatic heterocycles. The molecule has 0 radical (unpaired) electrons. The van der Waals surface area contributed by atoms with Gasteiger partial charge in [0.05, 0.1) is 17.9 Å². The molecule has 1 atom stereocenters. The minimum Gasteiger partial charge on any atom is -0.341 e. The number of hydrogen-bond acceptors (Lipinski definition) is 2. The zero-order valence-corrected chi connectivity index (χ0v) is 12.5. The van der Waals surface area contributed by atoms with E-state index in [1.54, 1.807) is 18.3 Å². The lowest BCUT2D eigenvalue weighted by Gasteiger charge is -2.11. The molecule has 2 aromatic rings. The van der Waals surface area contributed by atoms with Crippen molar-refractivity contribution in [3.05, 3.63) is 40.5 Å². The lowest BCUT2D eigenvalue weighted by molar-refractivity contribution is 0.496. The van der Waals surface area contributed by atoms with Crippen molar-refractivity contribution < 1.29 is 4.39 Å². The Bertz CT molecular complexity index is 566. The molecule has 0 amide bonds. The number of nitrogens with zero attached hydrogens (tertiary/aromatic N) is 1. The molecule has 0 fully saturated rings. The predicted octanol–water partition coefficient (Wildman–Crippen LogP) is 4.02. The van der Waals surface area contributed by atoms with E-state index < -0.39 is 0 Å².